The fraction of sp³-hybridized carbons (Fsp3) is 0.125. The molecule has 0 spiro atoms. The van der Waals surface area contributed by atoms with Crippen LogP contribution in [0, 0.1) is 10.1 Å². The first-order chi connectivity index (χ1) is 20.0. The summed E-state index contributed by atoms with van der Waals surface area (Å²) in [6.07, 6.45) is 3.70. The lowest BCUT2D eigenvalue weighted by Crippen LogP contribution is -2.38. The SMILES string of the molecule is O=c1/c(=C\c2cccc(OCc3ccc([N+](=O)[O-])cc3)c2)sc2n1[C@H](c1cccs1)C1=C(N=2)c2ccccc2CC1. The first-order valence-corrected chi connectivity index (χ1v) is 14.9. The van der Waals surface area contributed by atoms with Crippen LogP contribution in [-0.4, -0.2) is 9.49 Å². The van der Waals surface area contributed by atoms with Crippen LogP contribution in [0.5, 0.6) is 5.75 Å². The molecule has 7 rings (SSSR count). The molecule has 1 atom stereocenters. The highest BCUT2D eigenvalue weighted by atomic mass is 32.1. The summed E-state index contributed by atoms with van der Waals surface area (Å²) in [6, 6.07) is 26.3. The molecule has 202 valence electrons. The molecular formula is C32H23N3O4S2. The van der Waals surface area contributed by atoms with Crippen molar-refractivity contribution < 1.29 is 9.66 Å². The first kappa shape index (κ1) is 25.4. The summed E-state index contributed by atoms with van der Waals surface area (Å²) in [7, 11) is 0. The number of nitrogens with zero attached hydrogens (tertiary/aromatic N) is 3. The molecule has 0 saturated heterocycles. The Labute approximate surface area is 242 Å². The number of rotatable bonds is 6. The number of fused-ring (bicyclic) bond motifs is 3. The molecule has 7 nitrogen and oxygen atoms in total. The van der Waals surface area contributed by atoms with Crippen LogP contribution in [0.2, 0.25) is 0 Å². The monoisotopic (exact) mass is 577 g/mol. The average molecular weight is 578 g/mol. The highest BCUT2D eigenvalue weighted by Gasteiger charge is 2.33. The Kier molecular flexibility index (Phi) is 6.45. The number of aromatic nitrogens is 1. The van der Waals surface area contributed by atoms with Crippen LogP contribution in [0.4, 0.5) is 5.69 Å². The Morgan fingerprint density at radius 2 is 1.88 bits per heavy atom. The van der Waals surface area contributed by atoms with Gasteiger partial charge in [-0.25, -0.2) is 4.99 Å². The number of hydrogen-bond donors (Lipinski definition) is 0. The molecule has 3 aromatic carbocycles. The number of non-ortho nitro benzene ring substituents is 1. The minimum absolute atomic E-state index is 0.0450. The van der Waals surface area contributed by atoms with E-state index in [-0.39, 0.29) is 23.9 Å². The molecule has 0 N–H and O–H groups in total. The quantitative estimate of drug-likeness (QED) is 0.187. The van der Waals surface area contributed by atoms with E-state index in [4.69, 9.17) is 9.73 Å². The maximum absolute atomic E-state index is 13.9. The molecule has 9 heteroatoms. The van der Waals surface area contributed by atoms with Crippen molar-refractivity contribution in [1.82, 2.24) is 4.57 Å². The van der Waals surface area contributed by atoms with Gasteiger partial charge in [-0.2, -0.15) is 0 Å². The Balaban J connectivity index is 1.25. The largest absolute Gasteiger partial charge is 0.489 e. The standard InChI is InChI=1S/C32H23N3O4S2/c36-31-28(18-21-5-3-7-24(17-21)39-19-20-10-13-23(14-11-20)35(37)38)41-32-33-29-25-8-2-1-6-22(25)12-15-26(29)30(34(31)32)27-9-4-16-40-27/h1-11,13-14,16-18,30H,12,15,19H2/b28-18+/t30-/m0/s1. The zero-order chi connectivity index (χ0) is 27.9. The summed E-state index contributed by atoms with van der Waals surface area (Å²) >= 11 is 3.08. The Hall–Kier alpha value is -4.60. The van der Waals surface area contributed by atoms with Crippen LogP contribution in [0.3, 0.4) is 0 Å². The van der Waals surface area contributed by atoms with Crippen molar-refractivity contribution in [3.8, 4) is 5.75 Å². The van der Waals surface area contributed by atoms with Gasteiger partial charge in [0.2, 0.25) is 0 Å². The van der Waals surface area contributed by atoms with Crippen molar-refractivity contribution >= 4 is 40.1 Å². The van der Waals surface area contributed by atoms with Crippen LogP contribution in [-0.2, 0) is 13.0 Å². The fourth-order valence-corrected chi connectivity index (χ4v) is 7.29. The summed E-state index contributed by atoms with van der Waals surface area (Å²) in [5, 5.41) is 13.0. The predicted molar refractivity (Wildman–Crippen MR) is 161 cm³/mol. The zero-order valence-electron chi connectivity index (χ0n) is 21.7. The molecule has 0 fully saturated rings. The van der Waals surface area contributed by atoms with Gasteiger partial charge in [-0.1, -0.05) is 53.8 Å². The molecular weight excluding hydrogens is 555 g/mol. The van der Waals surface area contributed by atoms with Gasteiger partial charge in [0.1, 0.15) is 12.4 Å². The van der Waals surface area contributed by atoms with E-state index in [2.05, 4.69) is 35.7 Å². The van der Waals surface area contributed by atoms with Crippen LogP contribution in [0.1, 0.15) is 39.6 Å². The minimum atomic E-state index is -0.422. The molecule has 0 amide bonds. The Bertz CT molecular complexity index is 2000. The van der Waals surface area contributed by atoms with Gasteiger partial charge in [0.05, 0.1) is 21.2 Å². The zero-order valence-corrected chi connectivity index (χ0v) is 23.4. The molecule has 0 radical (unpaired) electrons. The number of benzene rings is 3. The number of hydrogen-bond acceptors (Lipinski definition) is 7. The van der Waals surface area contributed by atoms with Gasteiger partial charge in [-0.3, -0.25) is 19.5 Å². The van der Waals surface area contributed by atoms with Crippen molar-refractivity contribution in [3.63, 3.8) is 0 Å². The normalized spacial score (nSPS) is 16.0. The summed E-state index contributed by atoms with van der Waals surface area (Å²) in [5.41, 5.74) is 6.33. The third kappa shape index (κ3) is 4.73. The van der Waals surface area contributed by atoms with Gasteiger partial charge < -0.3 is 4.74 Å². The van der Waals surface area contributed by atoms with Crippen LogP contribution in [0.25, 0.3) is 11.8 Å². The average Bonchev–Trinajstić information content (AvgIpc) is 3.64. The molecule has 5 aromatic rings. The molecule has 0 unspecified atom stereocenters. The number of aryl methyl sites for hydroxylation is 1. The second-order valence-corrected chi connectivity index (χ2v) is 11.9. The number of thiophene rings is 1. The topological polar surface area (TPSA) is 86.7 Å². The van der Waals surface area contributed by atoms with Crippen molar-refractivity contribution in [2.45, 2.75) is 25.5 Å². The van der Waals surface area contributed by atoms with Gasteiger partial charge in [0, 0.05) is 22.6 Å². The fourth-order valence-electron chi connectivity index (χ4n) is 5.44. The van der Waals surface area contributed by atoms with Crippen molar-refractivity contribution in [2.24, 2.45) is 4.99 Å². The smallest absolute Gasteiger partial charge is 0.271 e. The lowest BCUT2D eigenvalue weighted by molar-refractivity contribution is -0.384. The lowest BCUT2D eigenvalue weighted by atomic mass is 9.85. The van der Waals surface area contributed by atoms with Crippen LogP contribution >= 0.6 is 22.7 Å². The molecule has 0 saturated carbocycles. The second-order valence-electron chi connectivity index (χ2n) is 9.91. The predicted octanol–water partition coefficient (Wildman–Crippen LogP) is 5.87. The van der Waals surface area contributed by atoms with Crippen LogP contribution in [0.15, 0.2) is 106 Å². The second kappa shape index (κ2) is 10.4. The van der Waals surface area contributed by atoms with E-state index in [1.807, 2.05) is 41.0 Å². The summed E-state index contributed by atoms with van der Waals surface area (Å²) < 4.78 is 8.43. The number of thiazole rings is 1. The molecule has 3 heterocycles. The number of allylic oxidation sites excluding steroid dienone is 1. The number of nitro benzene ring substituents is 1. The van der Waals surface area contributed by atoms with Gasteiger partial charge >= 0.3 is 0 Å². The van der Waals surface area contributed by atoms with Crippen molar-refractivity contribution in [1.29, 1.82) is 0 Å². The number of nitro groups is 1. The minimum Gasteiger partial charge on any atom is -0.489 e. The molecule has 0 bridgehead atoms. The number of ether oxygens (including phenoxy) is 1. The molecule has 1 aliphatic carbocycles. The molecule has 2 aliphatic rings. The van der Waals surface area contributed by atoms with E-state index in [1.54, 1.807) is 23.5 Å². The first-order valence-electron chi connectivity index (χ1n) is 13.2. The van der Waals surface area contributed by atoms with E-state index >= 15 is 0 Å². The van der Waals surface area contributed by atoms with Gasteiger partial charge in [-0.15, -0.1) is 11.3 Å². The van der Waals surface area contributed by atoms with E-state index in [9.17, 15) is 14.9 Å². The van der Waals surface area contributed by atoms with E-state index in [0.717, 1.165) is 40.1 Å². The molecule has 2 aromatic heterocycles. The third-order valence-corrected chi connectivity index (χ3v) is 9.30. The highest BCUT2D eigenvalue weighted by molar-refractivity contribution is 7.10. The van der Waals surface area contributed by atoms with Crippen LogP contribution < -0.4 is 19.6 Å². The van der Waals surface area contributed by atoms with E-state index < -0.39 is 4.92 Å². The maximum Gasteiger partial charge on any atom is 0.271 e. The lowest BCUT2D eigenvalue weighted by Gasteiger charge is -2.30. The molecule has 41 heavy (non-hydrogen) atoms. The molecule has 1 aliphatic heterocycles. The Morgan fingerprint density at radius 3 is 2.68 bits per heavy atom. The summed E-state index contributed by atoms with van der Waals surface area (Å²) in [6.45, 7) is 0.275. The van der Waals surface area contributed by atoms with Crippen molar-refractivity contribution in [3.05, 3.63) is 153 Å². The van der Waals surface area contributed by atoms with Crippen molar-refractivity contribution in [2.75, 3.05) is 0 Å². The van der Waals surface area contributed by atoms with Gasteiger partial charge in [-0.05, 0) is 76.9 Å². The summed E-state index contributed by atoms with van der Waals surface area (Å²) in [4.78, 5) is 31.3. The van der Waals surface area contributed by atoms with Gasteiger partial charge in [0.25, 0.3) is 11.2 Å². The van der Waals surface area contributed by atoms with E-state index in [1.165, 1.54) is 34.6 Å². The van der Waals surface area contributed by atoms with E-state index in [0.29, 0.717) is 15.1 Å². The maximum atomic E-state index is 13.9. The van der Waals surface area contributed by atoms with Gasteiger partial charge in [0.15, 0.2) is 4.80 Å². The third-order valence-electron chi connectivity index (χ3n) is 7.39. The highest BCUT2D eigenvalue weighted by Crippen LogP contribution is 2.42. The Morgan fingerprint density at radius 1 is 1.02 bits per heavy atom. The summed E-state index contributed by atoms with van der Waals surface area (Å²) in [5.74, 6) is 0.647.